The van der Waals surface area contributed by atoms with E-state index < -0.39 is 35.6 Å². The Hall–Kier alpha value is -1.56. The van der Waals surface area contributed by atoms with E-state index in [0.717, 1.165) is 6.07 Å². The number of carboxylic acid groups (broad SMARTS) is 1. The van der Waals surface area contributed by atoms with Crippen molar-refractivity contribution in [2.45, 2.75) is 37.9 Å². The molecule has 0 aromatic heterocycles. The number of alkyl halides is 3. The predicted molar refractivity (Wildman–Crippen MR) is 64.7 cm³/mol. The molecule has 3 N–H and O–H groups in total. The summed E-state index contributed by atoms with van der Waals surface area (Å²) >= 11 is 0. The molecule has 0 fully saturated rings. The SMILES string of the molecule is CC(N)C(C)(CC(=O)O)c1ccccc1C(F)(F)F. The zero-order valence-corrected chi connectivity index (χ0v) is 10.7. The van der Waals surface area contributed by atoms with E-state index in [1.807, 2.05) is 0 Å². The quantitative estimate of drug-likeness (QED) is 0.888. The first-order valence-electron chi connectivity index (χ1n) is 5.73. The number of nitrogens with two attached hydrogens (primary N) is 1. The molecule has 1 aromatic carbocycles. The topological polar surface area (TPSA) is 63.3 Å². The molecular formula is C13H16F3NO2. The standard InChI is InChI=1S/C13H16F3NO2/c1-8(17)12(2,7-11(18)19)9-5-3-4-6-10(9)13(14,15)16/h3-6,8H,7,17H2,1-2H3,(H,18,19). The van der Waals surface area contributed by atoms with Crippen LogP contribution in [0.25, 0.3) is 0 Å². The van der Waals surface area contributed by atoms with E-state index in [1.54, 1.807) is 0 Å². The van der Waals surface area contributed by atoms with Crippen LogP contribution in [0.4, 0.5) is 13.2 Å². The minimum Gasteiger partial charge on any atom is -0.481 e. The van der Waals surface area contributed by atoms with E-state index in [2.05, 4.69) is 0 Å². The van der Waals surface area contributed by atoms with Crippen LogP contribution in [0.1, 0.15) is 31.4 Å². The summed E-state index contributed by atoms with van der Waals surface area (Å²) in [6.45, 7) is 2.95. The van der Waals surface area contributed by atoms with Crippen LogP contribution in [0.15, 0.2) is 24.3 Å². The largest absolute Gasteiger partial charge is 0.481 e. The van der Waals surface area contributed by atoms with Gasteiger partial charge in [0.15, 0.2) is 0 Å². The Kier molecular flexibility index (Phi) is 4.25. The highest BCUT2D eigenvalue weighted by molar-refractivity contribution is 5.69. The zero-order chi connectivity index (χ0) is 14.8. The first-order chi connectivity index (χ1) is 8.59. The second kappa shape index (κ2) is 5.21. The second-order valence-electron chi connectivity index (χ2n) is 4.82. The van der Waals surface area contributed by atoms with E-state index in [0.29, 0.717) is 0 Å². The number of carboxylic acids is 1. The Bertz CT molecular complexity index is 471. The fourth-order valence-corrected chi connectivity index (χ4v) is 2.04. The first-order valence-corrected chi connectivity index (χ1v) is 5.73. The molecule has 0 aliphatic heterocycles. The summed E-state index contributed by atoms with van der Waals surface area (Å²) in [5.74, 6) is -1.18. The lowest BCUT2D eigenvalue weighted by atomic mass is 9.72. The predicted octanol–water partition coefficient (Wildman–Crippen LogP) is 2.79. The first kappa shape index (κ1) is 15.5. The Morgan fingerprint density at radius 2 is 1.79 bits per heavy atom. The average molecular weight is 275 g/mol. The van der Waals surface area contributed by atoms with Crippen molar-refractivity contribution in [2.75, 3.05) is 0 Å². The van der Waals surface area contributed by atoms with Crippen LogP contribution < -0.4 is 5.73 Å². The summed E-state index contributed by atoms with van der Waals surface area (Å²) in [5, 5.41) is 8.92. The van der Waals surface area contributed by atoms with Crippen molar-refractivity contribution < 1.29 is 23.1 Å². The third-order valence-corrected chi connectivity index (χ3v) is 3.37. The van der Waals surface area contributed by atoms with Gasteiger partial charge in [-0.25, -0.2) is 0 Å². The highest BCUT2D eigenvalue weighted by atomic mass is 19.4. The molecule has 0 amide bonds. The summed E-state index contributed by atoms with van der Waals surface area (Å²) in [6, 6.07) is 4.22. The molecule has 0 aliphatic rings. The van der Waals surface area contributed by atoms with Gasteiger partial charge < -0.3 is 10.8 Å². The van der Waals surface area contributed by atoms with Crippen molar-refractivity contribution in [1.29, 1.82) is 0 Å². The molecular weight excluding hydrogens is 259 g/mol. The lowest BCUT2D eigenvalue weighted by molar-refractivity contribution is -0.142. The van der Waals surface area contributed by atoms with Gasteiger partial charge >= 0.3 is 12.1 Å². The monoisotopic (exact) mass is 275 g/mol. The number of carbonyl (C=O) groups is 1. The Labute approximate surface area is 109 Å². The minimum atomic E-state index is -4.54. The molecule has 0 saturated carbocycles. The smallest absolute Gasteiger partial charge is 0.416 e. The number of halogens is 3. The summed E-state index contributed by atoms with van der Waals surface area (Å²) in [7, 11) is 0. The molecule has 0 bridgehead atoms. The molecule has 2 atom stereocenters. The molecule has 19 heavy (non-hydrogen) atoms. The molecule has 1 rings (SSSR count). The molecule has 6 heteroatoms. The van der Waals surface area contributed by atoms with Crippen molar-refractivity contribution in [3.05, 3.63) is 35.4 Å². The van der Waals surface area contributed by atoms with Crippen LogP contribution in [0, 0.1) is 0 Å². The molecule has 0 aliphatic carbocycles. The third-order valence-electron chi connectivity index (χ3n) is 3.37. The molecule has 0 spiro atoms. The molecule has 1 aromatic rings. The van der Waals surface area contributed by atoms with Crippen molar-refractivity contribution >= 4 is 5.97 Å². The number of rotatable bonds is 4. The van der Waals surface area contributed by atoms with Gasteiger partial charge in [-0.2, -0.15) is 13.2 Å². The van der Waals surface area contributed by atoms with Crippen LogP contribution >= 0.6 is 0 Å². The lowest BCUT2D eigenvalue weighted by Crippen LogP contribution is -2.43. The van der Waals surface area contributed by atoms with Crippen LogP contribution in [-0.2, 0) is 16.4 Å². The lowest BCUT2D eigenvalue weighted by Gasteiger charge is -2.34. The number of hydrogen-bond acceptors (Lipinski definition) is 2. The molecule has 0 heterocycles. The molecule has 106 valence electrons. The summed E-state index contributed by atoms with van der Waals surface area (Å²) in [5.41, 5.74) is 3.53. The van der Waals surface area contributed by atoms with E-state index in [-0.39, 0.29) is 5.56 Å². The van der Waals surface area contributed by atoms with Crippen molar-refractivity contribution in [2.24, 2.45) is 5.73 Å². The maximum Gasteiger partial charge on any atom is 0.416 e. The van der Waals surface area contributed by atoms with E-state index >= 15 is 0 Å². The van der Waals surface area contributed by atoms with Crippen molar-refractivity contribution in [1.82, 2.24) is 0 Å². The van der Waals surface area contributed by atoms with Gasteiger partial charge in [-0.05, 0) is 18.6 Å². The number of hydrogen-bond donors (Lipinski definition) is 2. The molecule has 0 radical (unpaired) electrons. The van der Waals surface area contributed by atoms with E-state index in [1.165, 1.54) is 32.0 Å². The molecule has 3 nitrogen and oxygen atoms in total. The molecule has 0 saturated heterocycles. The van der Waals surface area contributed by atoms with Gasteiger partial charge in [0.25, 0.3) is 0 Å². The number of aliphatic carboxylic acids is 1. The van der Waals surface area contributed by atoms with Crippen LogP contribution in [0.3, 0.4) is 0 Å². The Balaban J connectivity index is 3.44. The normalized spacial score (nSPS) is 16.7. The van der Waals surface area contributed by atoms with Gasteiger partial charge in [0, 0.05) is 11.5 Å². The molecule has 2 unspecified atom stereocenters. The van der Waals surface area contributed by atoms with Gasteiger partial charge in [-0.15, -0.1) is 0 Å². The van der Waals surface area contributed by atoms with Crippen LogP contribution in [0.2, 0.25) is 0 Å². The minimum absolute atomic E-state index is 0.0834. The maximum atomic E-state index is 13.0. The van der Waals surface area contributed by atoms with Crippen molar-refractivity contribution in [3.8, 4) is 0 Å². The van der Waals surface area contributed by atoms with Gasteiger partial charge in [0.05, 0.1) is 12.0 Å². The number of benzene rings is 1. The van der Waals surface area contributed by atoms with Crippen LogP contribution in [0.5, 0.6) is 0 Å². The average Bonchev–Trinajstić information content (AvgIpc) is 2.26. The van der Waals surface area contributed by atoms with Gasteiger partial charge in [-0.3, -0.25) is 4.79 Å². The van der Waals surface area contributed by atoms with Gasteiger partial charge in [-0.1, -0.05) is 25.1 Å². The highest BCUT2D eigenvalue weighted by Crippen LogP contribution is 2.40. The zero-order valence-electron chi connectivity index (χ0n) is 10.7. The van der Waals surface area contributed by atoms with E-state index in [4.69, 9.17) is 10.8 Å². The second-order valence-corrected chi connectivity index (χ2v) is 4.82. The Morgan fingerprint density at radius 1 is 1.32 bits per heavy atom. The van der Waals surface area contributed by atoms with Crippen LogP contribution in [-0.4, -0.2) is 17.1 Å². The maximum absolute atomic E-state index is 13.0. The third kappa shape index (κ3) is 3.26. The summed E-state index contributed by atoms with van der Waals surface area (Å²) < 4.78 is 39.0. The fourth-order valence-electron chi connectivity index (χ4n) is 2.04. The van der Waals surface area contributed by atoms with Crippen molar-refractivity contribution in [3.63, 3.8) is 0 Å². The highest BCUT2D eigenvalue weighted by Gasteiger charge is 2.42. The van der Waals surface area contributed by atoms with Gasteiger partial charge in [0.2, 0.25) is 0 Å². The Morgan fingerprint density at radius 3 is 2.16 bits per heavy atom. The summed E-state index contributed by atoms with van der Waals surface area (Å²) in [4.78, 5) is 10.9. The van der Waals surface area contributed by atoms with Gasteiger partial charge in [0.1, 0.15) is 0 Å². The van der Waals surface area contributed by atoms with E-state index in [9.17, 15) is 18.0 Å². The summed E-state index contributed by atoms with van der Waals surface area (Å²) in [6.07, 6.45) is -5.00. The fraction of sp³-hybridized carbons (Fsp3) is 0.462.